The largest absolute Gasteiger partial charge is 0.326 e. The zero-order valence-electron chi connectivity index (χ0n) is 9.89. The molecule has 2 heterocycles. The molecule has 0 atom stereocenters. The number of hydrogen-bond donors (Lipinski definition) is 3. The Bertz CT molecular complexity index is 664. The number of aromatic nitrogens is 4. The molecule has 8 nitrogen and oxygen atoms in total. The Morgan fingerprint density at radius 1 is 1.37 bits per heavy atom. The molecule has 10 heteroatoms. The SMILES string of the molecule is O=c1[nH]cnc2c1ncn2CCSCCP(=O)(O)O. The second-order valence-electron chi connectivity index (χ2n) is 3.84. The van der Waals surface area contributed by atoms with Crippen molar-refractivity contribution in [2.24, 2.45) is 0 Å². The van der Waals surface area contributed by atoms with Gasteiger partial charge >= 0.3 is 7.60 Å². The third kappa shape index (κ3) is 3.90. The van der Waals surface area contributed by atoms with Gasteiger partial charge in [0.25, 0.3) is 5.56 Å². The number of nitrogens with zero attached hydrogens (tertiary/aromatic N) is 3. The second-order valence-corrected chi connectivity index (χ2v) is 6.84. The summed E-state index contributed by atoms with van der Waals surface area (Å²) in [5.74, 6) is 1.06. The van der Waals surface area contributed by atoms with Gasteiger partial charge in [0.05, 0.1) is 18.8 Å². The normalized spacial score (nSPS) is 12.1. The van der Waals surface area contributed by atoms with Gasteiger partial charge in [-0.05, 0) is 0 Å². The van der Waals surface area contributed by atoms with Crippen molar-refractivity contribution >= 4 is 30.5 Å². The van der Waals surface area contributed by atoms with Crippen molar-refractivity contribution in [3.05, 3.63) is 23.0 Å². The Morgan fingerprint density at radius 2 is 2.16 bits per heavy atom. The summed E-state index contributed by atoms with van der Waals surface area (Å²) in [5.41, 5.74) is 0.528. The molecule has 0 amide bonds. The number of thioether (sulfide) groups is 1. The smallest absolute Gasteiger partial charge is 0.324 e. The van der Waals surface area contributed by atoms with Crippen LogP contribution < -0.4 is 5.56 Å². The fraction of sp³-hybridized carbons (Fsp3) is 0.444. The summed E-state index contributed by atoms with van der Waals surface area (Å²) in [6.45, 7) is 0.582. The molecule has 0 aliphatic heterocycles. The van der Waals surface area contributed by atoms with Gasteiger partial charge in [-0.15, -0.1) is 0 Å². The molecular formula is C9H13N4O4PS. The first-order valence-corrected chi connectivity index (χ1v) is 8.43. The van der Waals surface area contributed by atoms with Crippen molar-refractivity contribution < 1.29 is 14.4 Å². The summed E-state index contributed by atoms with van der Waals surface area (Å²) in [5, 5.41) is 0. The van der Waals surface area contributed by atoms with Gasteiger partial charge in [0.1, 0.15) is 0 Å². The lowest BCUT2D eigenvalue weighted by molar-refractivity contribution is 0.375. The number of aryl methyl sites for hydroxylation is 1. The maximum atomic E-state index is 11.4. The first kappa shape index (κ1) is 14.3. The number of fused-ring (bicyclic) bond motifs is 1. The average Bonchev–Trinajstić information content (AvgIpc) is 2.72. The second kappa shape index (κ2) is 5.87. The van der Waals surface area contributed by atoms with Crippen LogP contribution in [-0.2, 0) is 11.1 Å². The minimum Gasteiger partial charge on any atom is -0.324 e. The molecule has 19 heavy (non-hydrogen) atoms. The standard InChI is InChI=1S/C9H13N4O4PS/c14-9-7-8(10-5-11-9)13(6-12-7)1-3-19-4-2-18(15,16)17/h5-6H,1-4H2,(H,10,11,14)(H2,15,16,17). The Kier molecular flexibility index (Phi) is 4.41. The minimum absolute atomic E-state index is 0.125. The van der Waals surface area contributed by atoms with Crippen LogP contribution in [0.1, 0.15) is 0 Å². The van der Waals surface area contributed by atoms with Crippen molar-refractivity contribution in [1.82, 2.24) is 19.5 Å². The maximum Gasteiger partial charge on any atom is 0.326 e. The molecule has 0 radical (unpaired) electrons. The highest BCUT2D eigenvalue weighted by atomic mass is 32.2. The number of rotatable bonds is 6. The van der Waals surface area contributed by atoms with E-state index in [1.54, 1.807) is 4.57 Å². The van der Waals surface area contributed by atoms with Crippen LogP contribution in [0.3, 0.4) is 0 Å². The lowest BCUT2D eigenvalue weighted by Crippen LogP contribution is -2.08. The van der Waals surface area contributed by atoms with E-state index in [-0.39, 0.29) is 11.7 Å². The molecule has 0 unspecified atom stereocenters. The molecule has 3 N–H and O–H groups in total. The van der Waals surface area contributed by atoms with Crippen molar-refractivity contribution in [1.29, 1.82) is 0 Å². The van der Waals surface area contributed by atoms with E-state index in [4.69, 9.17) is 9.79 Å². The number of nitrogens with one attached hydrogen (secondary N) is 1. The lowest BCUT2D eigenvalue weighted by atomic mass is 10.5. The van der Waals surface area contributed by atoms with Crippen LogP contribution in [0.15, 0.2) is 17.4 Å². The molecule has 0 aliphatic rings. The van der Waals surface area contributed by atoms with Crippen LogP contribution in [-0.4, -0.2) is 47.0 Å². The first-order chi connectivity index (χ1) is 8.97. The Labute approximate surface area is 112 Å². The van der Waals surface area contributed by atoms with Gasteiger partial charge in [-0.2, -0.15) is 11.8 Å². The molecule has 0 aromatic carbocycles. The van der Waals surface area contributed by atoms with E-state index >= 15 is 0 Å². The first-order valence-electron chi connectivity index (χ1n) is 5.48. The number of H-pyrrole nitrogens is 1. The van der Waals surface area contributed by atoms with Crippen LogP contribution in [0.2, 0.25) is 0 Å². The van der Waals surface area contributed by atoms with Crippen molar-refractivity contribution in [2.75, 3.05) is 17.7 Å². The molecule has 0 bridgehead atoms. The fourth-order valence-electron chi connectivity index (χ4n) is 1.50. The summed E-state index contributed by atoms with van der Waals surface area (Å²) in [6, 6.07) is 0. The van der Waals surface area contributed by atoms with E-state index in [0.29, 0.717) is 29.2 Å². The maximum absolute atomic E-state index is 11.4. The molecule has 2 rings (SSSR count). The van der Waals surface area contributed by atoms with E-state index < -0.39 is 7.60 Å². The summed E-state index contributed by atoms with van der Waals surface area (Å²) < 4.78 is 12.4. The van der Waals surface area contributed by atoms with Crippen LogP contribution in [0.5, 0.6) is 0 Å². The summed E-state index contributed by atoms with van der Waals surface area (Å²) in [4.78, 5) is 39.3. The van der Waals surface area contributed by atoms with Gasteiger partial charge in [0.15, 0.2) is 11.2 Å². The van der Waals surface area contributed by atoms with Gasteiger partial charge in [0.2, 0.25) is 0 Å². The van der Waals surface area contributed by atoms with Gasteiger partial charge < -0.3 is 19.3 Å². The molecule has 0 fully saturated rings. The Hall–Kier alpha value is -1.15. The van der Waals surface area contributed by atoms with Crippen LogP contribution in [0.25, 0.3) is 11.2 Å². The molecule has 0 spiro atoms. The Morgan fingerprint density at radius 3 is 2.89 bits per heavy atom. The number of hydrogen-bond acceptors (Lipinski definition) is 5. The molecule has 2 aromatic heterocycles. The average molecular weight is 304 g/mol. The van der Waals surface area contributed by atoms with Gasteiger partial charge in [0, 0.05) is 18.1 Å². The van der Waals surface area contributed by atoms with Crippen LogP contribution >= 0.6 is 19.4 Å². The van der Waals surface area contributed by atoms with Crippen LogP contribution in [0.4, 0.5) is 0 Å². The highest BCUT2D eigenvalue weighted by Gasteiger charge is 2.12. The quantitative estimate of drug-likeness (QED) is 0.508. The predicted octanol–water partition coefficient (Wildman–Crippen LogP) is 0.0305. The third-order valence-electron chi connectivity index (χ3n) is 2.41. The zero-order valence-corrected chi connectivity index (χ0v) is 11.6. The van der Waals surface area contributed by atoms with Gasteiger partial charge in [-0.1, -0.05) is 0 Å². The lowest BCUT2D eigenvalue weighted by Gasteiger charge is -2.04. The fourth-order valence-corrected chi connectivity index (χ4v) is 3.50. The van der Waals surface area contributed by atoms with E-state index in [0.717, 1.165) is 0 Å². The molecule has 0 saturated heterocycles. The number of aromatic amines is 1. The van der Waals surface area contributed by atoms with Crippen molar-refractivity contribution in [3.63, 3.8) is 0 Å². The molecule has 0 aliphatic carbocycles. The summed E-state index contributed by atoms with van der Waals surface area (Å²) in [6.07, 6.45) is 2.74. The van der Waals surface area contributed by atoms with Crippen LogP contribution in [0, 0.1) is 0 Å². The summed E-state index contributed by atoms with van der Waals surface area (Å²) in [7, 11) is -3.91. The van der Waals surface area contributed by atoms with E-state index in [1.165, 1.54) is 24.4 Å². The van der Waals surface area contributed by atoms with E-state index in [9.17, 15) is 9.36 Å². The molecule has 2 aromatic rings. The topological polar surface area (TPSA) is 121 Å². The minimum atomic E-state index is -3.91. The zero-order chi connectivity index (χ0) is 13.9. The van der Waals surface area contributed by atoms with Crippen molar-refractivity contribution in [3.8, 4) is 0 Å². The third-order valence-corrected chi connectivity index (χ3v) is 4.48. The predicted molar refractivity (Wildman–Crippen MR) is 72.4 cm³/mol. The Balaban J connectivity index is 1.91. The van der Waals surface area contributed by atoms with Crippen molar-refractivity contribution in [2.45, 2.75) is 6.54 Å². The van der Waals surface area contributed by atoms with E-state index in [1.807, 2.05) is 0 Å². The van der Waals surface area contributed by atoms with Gasteiger partial charge in [-0.25, -0.2) is 9.97 Å². The molecule has 0 saturated carbocycles. The summed E-state index contributed by atoms with van der Waals surface area (Å²) >= 11 is 1.44. The highest BCUT2D eigenvalue weighted by molar-refractivity contribution is 7.99. The van der Waals surface area contributed by atoms with E-state index in [2.05, 4.69) is 15.0 Å². The highest BCUT2D eigenvalue weighted by Crippen LogP contribution is 2.34. The monoisotopic (exact) mass is 304 g/mol. The van der Waals surface area contributed by atoms with Gasteiger partial charge in [-0.3, -0.25) is 9.36 Å². The molecule has 104 valence electrons. The number of imidazole rings is 1. The molecular weight excluding hydrogens is 291 g/mol.